The highest BCUT2D eigenvalue weighted by atomic mass is 19.1. The Hall–Kier alpha value is -2.93. The predicted octanol–water partition coefficient (Wildman–Crippen LogP) is 3.07. The Kier molecular flexibility index (Phi) is 5.99. The monoisotopic (exact) mass is 411 g/mol. The number of benzene rings is 2. The van der Waals surface area contributed by atoms with E-state index < -0.39 is 5.91 Å². The summed E-state index contributed by atoms with van der Waals surface area (Å²) >= 11 is 0. The van der Waals surface area contributed by atoms with E-state index in [0.717, 1.165) is 12.2 Å². The molecule has 7 heteroatoms. The van der Waals surface area contributed by atoms with Gasteiger partial charge in [0.15, 0.2) is 0 Å². The summed E-state index contributed by atoms with van der Waals surface area (Å²) in [6, 6.07) is 14.1. The van der Waals surface area contributed by atoms with Gasteiger partial charge in [0.05, 0.1) is 24.9 Å². The van der Waals surface area contributed by atoms with Crippen LogP contribution in [0.15, 0.2) is 48.5 Å². The molecule has 0 N–H and O–H groups in total. The molecule has 2 aliphatic heterocycles. The smallest absolute Gasteiger partial charge is 0.295 e. The summed E-state index contributed by atoms with van der Waals surface area (Å²) in [5.74, 6) is -0.334. The molecule has 2 aromatic rings. The Morgan fingerprint density at radius 3 is 2.37 bits per heavy atom. The van der Waals surface area contributed by atoms with Gasteiger partial charge in [-0.2, -0.15) is 0 Å². The lowest BCUT2D eigenvalue weighted by molar-refractivity contribution is -0.133. The van der Waals surface area contributed by atoms with Crippen LogP contribution in [0.1, 0.15) is 19.8 Å². The maximum atomic E-state index is 14.1. The van der Waals surface area contributed by atoms with E-state index in [9.17, 15) is 14.0 Å². The summed E-state index contributed by atoms with van der Waals surface area (Å²) < 4.78 is 19.7. The Bertz CT molecular complexity index is 910. The van der Waals surface area contributed by atoms with E-state index in [2.05, 4.69) is 4.90 Å². The van der Waals surface area contributed by atoms with E-state index in [1.807, 2.05) is 42.2 Å². The highest BCUT2D eigenvalue weighted by Crippen LogP contribution is 2.30. The van der Waals surface area contributed by atoms with Gasteiger partial charge < -0.3 is 9.64 Å². The summed E-state index contributed by atoms with van der Waals surface area (Å²) in [6.07, 6.45) is 0.782. The fourth-order valence-corrected chi connectivity index (χ4v) is 4.09. The third-order valence-corrected chi connectivity index (χ3v) is 5.64. The van der Waals surface area contributed by atoms with Gasteiger partial charge in [-0.25, -0.2) is 4.39 Å². The number of ether oxygens (including phenoxy) is 1. The summed E-state index contributed by atoms with van der Waals surface area (Å²) in [7, 11) is 0. The van der Waals surface area contributed by atoms with E-state index in [1.54, 1.807) is 17.0 Å². The number of carbonyl (C=O) groups is 2. The van der Waals surface area contributed by atoms with E-state index in [4.69, 9.17) is 4.74 Å². The number of ketones is 1. The number of Topliss-reactive ketones (excluding diaryl/α,β-unsaturated/α-hetero) is 1. The first-order valence-corrected chi connectivity index (χ1v) is 10.4. The zero-order chi connectivity index (χ0) is 21.1. The number of nitrogens with zero attached hydrogens (tertiary/aromatic N) is 3. The van der Waals surface area contributed by atoms with E-state index >= 15 is 0 Å². The van der Waals surface area contributed by atoms with Crippen LogP contribution < -0.4 is 14.5 Å². The Morgan fingerprint density at radius 1 is 1.00 bits per heavy atom. The first kappa shape index (κ1) is 20.3. The van der Waals surface area contributed by atoms with Gasteiger partial charge in [0.1, 0.15) is 11.6 Å². The summed E-state index contributed by atoms with van der Waals surface area (Å²) in [6.45, 7) is 5.24. The van der Waals surface area contributed by atoms with Gasteiger partial charge >= 0.3 is 0 Å². The molecule has 0 bridgehead atoms. The highest BCUT2D eigenvalue weighted by molar-refractivity contribution is 6.44. The Balaban J connectivity index is 1.47. The van der Waals surface area contributed by atoms with Crippen molar-refractivity contribution < 1.29 is 18.7 Å². The zero-order valence-electron chi connectivity index (χ0n) is 17.1. The van der Waals surface area contributed by atoms with Crippen molar-refractivity contribution in [2.24, 2.45) is 0 Å². The molecule has 0 aromatic heterocycles. The van der Waals surface area contributed by atoms with Crippen LogP contribution in [-0.2, 0) is 9.59 Å². The number of amides is 1. The van der Waals surface area contributed by atoms with Crippen molar-refractivity contribution in [1.29, 1.82) is 0 Å². The zero-order valence-corrected chi connectivity index (χ0v) is 17.1. The van der Waals surface area contributed by atoms with Crippen LogP contribution in [0.5, 0.6) is 5.75 Å². The molecule has 2 heterocycles. The number of halogens is 1. The van der Waals surface area contributed by atoms with E-state index in [1.165, 1.54) is 6.07 Å². The lowest BCUT2D eigenvalue weighted by atomic mass is 10.2. The third-order valence-electron chi connectivity index (χ3n) is 5.64. The standard InChI is InChI=1S/C23H26FN3O3/c1-2-15-30-18-9-7-17(8-10-18)27-22(16-21(28)23(27)29)26-13-11-25(12-14-26)20-6-4-3-5-19(20)24/h3-10,22H,2,11-16H2,1H3/t22-/m0/s1. The lowest BCUT2D eigenvalue weighted by Gasteiger charge is -2.41. The number of hydrogen-bond donors (Lipinski definition) is 0. The van der Waals surface area contributed by atoms with Gasteiger partial charge in [0.25, 0.3) is 5.91 Å². The van der Waals surface area contributed by atoms with Crippen LogP contribution in [0.4, 0.5) is 15.8 Å². The molecule has 1 atom stereocenters. The second-order valence-corrected chi connectivity index (χ2v) is 7.60. The molecule has 158 valence electrons. The molecule has 2 aliphatic rings. The average molecular weight is 411 g/mol. The molecule has 2 aromatic carbocycles. The van der Waals surface area contributed by atoms with Crippen molar-refractivity contribution in [2.75, 3.05) is 42.6 Å². The Morgan fingerprint density at radius 2 is 1.70 bits per heavy atom. The quantitative estimate of drug-likeness (QED) is 0.684. The van der Waals surface area contributed by atoms with Crippen molar-refractivity contribution in [2.45, 2.75) is 25.9 Å². The summed E-state index contributed by atoms with van der Waals surface area (Å²) in [5.41, 5.74) is 1.28. The fourth-order valence-electron chi connectivity index (χ4n) is 4.09. The Labute approximate surface area is 175 Å². The van der Waals surface area contributed by atoms with E-state index in [0.29, 0.717) is 44.2 Å². The van der Waals surface area contributed by atoms with Crippen molar-refractivity contribution in [1.82, 2.24) is 4.90 Å². The minimum absolute atomic E-state index is 0.173. The molecule has 2 saturated heterocycles. The number of hydrogen-bond acceptors (Lipinski definition) is 5. The van der Waals surface area contributed by atoms with Gasteiger partial charge in [-0.3, -0.25) is 19.4 Å². The van der Waals surface area contributed by atoms with Crippen LogP contribution in [0.3, 0.4) is 0 Å². The predicted molar refractivity (Wildman–Crippen MR) is 113 cm³/mol. The van der Waals surface area contributed by atoms with Crippen LogP contribution in [-0.4, -0.2) is 55.5 Å². The minimum Gasteiger partial charge on any atom is -0.494 e. The third kappa shape index (κ3) is 4.03. The van der Waals surface area contributed by atoms with Gasteiger partial charge in [-0.15, -0.1) is 0 Å². The number of piperazine rings is 1. The van der Waals surface area contributed by atoms with Gasteiger partial charge in [-0.1, -0.05) is 19.1 Å². The average Bonchev–Trinajstić information content (AvgIpc) is 3.07. The van der Waals surface area contributed by atoms with Crippen molar-refractivity contribution in [3.05, 3.63) is 54.3 Å². The van der Waals surface area contributed by atoms with Gasteiger partial charge in [0, 0.05) is 31.9 Å². The first-order valence-electron chi connectivity index (χ1n) is 10.4. The van der Waals surface area contributed by atoms with Crippen LogP contribution in [0, 0.1) is 5.82 Å². The van der Waals surface area contributed by atoms with Gasteiger partial charge in [-0.05, 0) is 42.8 Å². The summed E-state index contributed by atoms with van der Waals surface area (Å²) in [4.78, 5) is 30.6. The second kappa shape index (κ2) is 8.83. The van der Waals surface area contributed by atoms with Crippen molar-refractivity contribution in [3.8, 4) is 5.75 Å². The SMILES string of the molecule is CCCOc1ccc(N2C(=O)C(=O)C[C@H]2N2CCN(c3ccccc3F)CC2)cc1. The molecular formula is C23H26FN3O3. The van der Waals surface area contributed by atoms with Crippen molar-refractivity contribution in [3.63, 3.8) is 0 Å². The molecule has 0 saturated carbocycles. The molecule has 1 amide bonds. The van der Waals surface area contributed by atoms with Gasteiger partial charge in [0.2, 0.25) is 5.78 Å². The molecule has 2 fully saturated rings. The maximum absolute atomic E-state index is 14.1. The molecule has 30 heavy (non-hydrogen) atoms. The molecule has 0 spiro atoms. The van der Waals surface area contributed by atoms with Crippen LogP contribution in [0.2, 0.25) is 0 Å². The largest absolute Gasteiger partial charge is 0.494 e. The molecule has 0 aliphatic carbocycles. The van der Waals surface area contributed by atoms with Crippen LogP contribution in [0.25, 0.3) is 0 Å². The first-order chi connectivity index (χ1) is 14.6. The highest BCUT2D eigenvalue weighted by Gasteiger charge is 2.43. The molecule has 0 unspecified atom stereocenters. The number of rotatable bonds is 6. The topological polar surface area (TPSA) is 53.1 Å². The number of carbonyl (C=O) groups excluding carboxylic acids is 2. The number of para-hydroxylation sites is 1. The normalized spacial score (nSPS) is 20.1. The second-order valence-electron chi connectivity index (χ2n) is 7.60. The summed E-state index contributed by atoms with van der Waals surface area (Å²) in [5, 5.41) is 0. The molecule has 4 rings (SSSR count). The lowest BCUT2D eigenvalue weighted by Crippen LogP contribution is -2.55. The van der Waals surface area contributed by atoms with Crippen LogP contribution >= 0.6 is 0 Å². The van der Waals surface area contributed by atoms with Crippen molar-refractivity contribution >= 4 is 23.1 Å². The molecular weight excluding hydrogens is 385 g/mol. The molecule has 0 radical (unpaired) electrons. The molecule has 6 nitrogen and oxygen atoms in total. The fraction of sp³-hybridized carbons (Fsp3) is 0.391. The van der Waals surface area contributed by atoms with E-state index in [-0.39, 0.29) is 24.2 Å². The number of anilines is 2. The minimum atomic E-state index is -0.473. The maximum Gasteiger partial charge on any atom is 0.295 e.